The minimum Gasteiger partial charge on any atom is -0.665 e. The van der Waals surface area contributed by atoms with Gasteiger partial charge in [-0.15, -0.1) is 12.1 Å². The minimum absolute atomic E-state index is 0. The van der Waals surface area contributed by atoms with Crippen molar-refractivity contribution in [2.24, 2.45) is 0 Å². The second-order valence-electron chi connectivity index (χ2n) is 6.56. The zero-order chi connectivity index (χ0) is 23.7. The van der Waals surface area contributed by atoms with E-state index in [0.29, 0.717) is 12.9 Å². The Hall–Kier alpha value is -2.37. The number of benzene rings is 4. The molecule has 4 aromatic carbocycles. The molecule has 8 heteroatoms. The third-order valence-corrected chi connectivity index (χ3v) is 4.29. The third-order valence-electron chi connectivity index (χ3n) is 4.29. The Balaban J connectivity index is 0.00000132. The fourth-order valence-electron chi connectivity index (χ4n) is 2.90. The van der Waals surface area contributed by atoms with Crippen LogP contribution in [-0.4, -0.2) is 23.2 Å². The van der Waals surface area contributed by atoms with Crippen molar-refractivity contribution < 1.29 is 85.2 Å². The summed E-state index contributed by atoms with van der Waals surface area (Å²) in [5, 5.41) is 20.2. The van der Waals surface area contributed by atoms with Gasteiger partial charge in [0.15, 0.2) is 0 Å². The molecule has 0 fully saturated rings. The normalized spacial score (nSPS) is 8.69. The Bertz CT molecular complexity index is 991. The van der Waals surface area contributed by atoms with Gasteiger partial charge in [-0.3, -0.25) is 0 Å². The van der Waals surface area contributed by atoms with Crippen LogP contribution in [0.5, 0.6) is 0 Å². The molecule has 0 saturated carbocycles. The summed E-state index contributed by atoms with van der Waals surface area (Å²) in [6, 6.07) is 39.2. The van der Waals surface area contributed by atoms with E-state index >= 15 is 0 Å². The Morgan fingerprint density at radius 2 is 0.943 bits per heavy atom. The van der Waals surface area contributed by atoms with E-state index in [1.807, 2.05) is 48.5 Å². The fourth-order valence-corrected chi connectivity index (χ4v) is 2.90. The third kappa shape index (κ3) is 13.3. The number of hydrogen-bond donors (Lipinski definition) is 4. The molecular weight excluding hydrogens is 594 g/mol. The molecule has 4 rings (SSSR count). The van der Waals surface area contributed by atoms with Crippen molar-refractivity contribution in [2.45, 2.75) is 6.42 Å². The van der Waals surface area contributed by atoms with Gasteiger partial charge in [-0.05, 0) is 41.8 Å². The molecule has 4 N–H and O–H groups in total. The van der Waals surface area contributed by atoms with Crippen LogP contribution < -0.4 is 10.6 Å². The van der Waals surface area contributed by atoms with E-state index in [1.54, 1.807) is 0 Å². The van der Waals surface area contributed by atoms with Gasteiger partial charge in [0.1, 0.15) is 0 Å². The molecule has 0 amide bonds. The van der Waals surface area contributed by atoms with E-state index in [9.17, 15) is 0 Å². The molecule has 0 aliphatic heterocycles. The Morgan fingerprint density at radius 3 is 1.23 bits per heavy atom. The first-order valence-corrected chi connectivity index (χ1v) is 9.86. The molecule has 35 heavy (non-hydrogen) atoms. The summed E-state index contributed by atoms with van der Waals surface area (Å²) in [5.41, 5.74) is 6.66. The van der Waals surface area contributed by atoms with Gasteiger partial charge in [-0.1, -0.05) is 48.6 Å². The zero-order valence-corrected chi connectivity index (χ0v) is 24.5. The summed E-state index contributed by atoms with van der Waals surface area (Å²) >= 11 is 0. The largest absolute Gasteiger partial charge is 0.665 e. The second-order valence-corrected chi connectivity index (χ2v) is 6.56. The van der Waals surface area contributed by atoms with Crippen molar-refractivity contribution in [3.63, 3.8) is 0 Å². The molecular formula is C27H22N2O4Y2-4. The summed E-state index contributed by atoms with van der Waals surface area (Å²) < 4.78 is 0. The molecule has 0 aliphatic rings. The summed E-state index contributed by atoms with van der Waals surface area (Å²) in [7, 11) is 0. The number of para-hydroxylation sites is 2. The van der Waals surface area contributed by atoms with Crippen molar-refractivity contribution in [2.75, 3.05) is 10.6 Å². The van der Waals surface area contributed by atoms with Crippen molar-refractivity contribution in [1.29, 1.82) is 0 Å². The maximum absolute atomic E-state index is 8.24. The van der Waals surface area contributed by atoms with Gasteiger partial charge in [-0.25, -0.2) is 0 Å². The van der Waals surface area contributed by atoms with Crippen LogP contribution in [0.4, 0.5) is 22.7 Å². The predicted molar refractivity (Wildman–Crippen MR) is 129 cm³/mol. The van der Waals surface area contributed by atoms with E-state index in [2.05, 4.69) is 71.3 Å². The molecule has 0 saturated heterocycles. The van der Waals surface area contributed by atoms with Crippen molar-refractivity contribution >= 4 is 35.7 Å². The Kier molecular flexibility index (Phi) is 18.5. The number of rotatable bonds is 6. The molecule has 174 valence electrons. The Labute approximate surface area is 255 Å². The van der Waals surface area contributed by atoms with Gasteiger partial charge in [0.05, 0.1) is 0 Å². The Morgan fingerprint density at radius 1 is 0.600 bits per heavy atom. The second kappa shape index (κ2) is 19.9. The molecule has 0 heterocycles. The van der Waals surface area contributed by atoms with E-state index in [4.69, 9.17) is 19.8 Å². The van der Waals surface area contributed by atoms with Crippen LogP contribution in [0.15, 0.2) is 97.1 Å². The molecule has 0 spiro atoms. The van der Waals surface area contributed by atoms with Crippen LogP contribution in [0.2, 0.25) is 0 Å². The first-order valence-electron chi connectivity index (χ1n) is 9.86. The van der Waals surface area contributed by atoms with Gasteiger partial charge in [-0.2, -0.15) is 48.5 Å². The predicted octanol–water partition coefficient (Wildman–Crippen LogP) is 5.58. The topological polar surface area (TPSA) is 98.7 Å². The monoisotopic (exact) mass is 616 g/mol. The van der Waals surface area contributed by atoms with Crippen molar-refractivity contribution in [3.8, 4) is 0 Å². The van der Waals surface area contributed by atoms with Crippen LogP contribution >= 0.6 is 0 Å². The van der Waals surface area contributed by atoms with Gasteiger partial charge >= 0.3 is 0 Å². The summed E-state index contributed by atoms with van der Waals surface area (Å²) in [4.78, 5) is 16.5. The van der Waals surface area contributed by atoms with E-state index < -0.39 is 0 Å². The minimum atomic E-state index is 0. The smallest absolute Gasteiger partial charge is 0.0366 e. The number of hydrogen-bond acceptors (Lipinski definition) is 4. The number of aliphatic hydroxyl groups excluding tert-OH is 2. The average molecular weight is 616 g/mol. The molecule has 4 aromatic rings. The number of anilines is 4. The van der Waals surface area contributed by atoms with E-state index in [-0.39, 0.29) is 65.4 Å². The summed E-state index contributed by atoms with van der Waals surface area (Å²) in [5.74, 6) is 0. The maximum atomic E-state index is 8.24. The van der Waals surface area contributed by atoms with Crippen molar-refractivity contribution in [3.05, 3.63) is 120 Å². The van der Waals surface area contributed by atoms with Crippen LogP contribution in [0.3, 0.4) is 0 Å². The van der Waals surface area contributed by atoms with E-state index in [0.717, 1.165) is 29.2 Å². The molecule has 0 aromatic heterocycles. The van der Waals surface area contributed by atoms with Gasteiger partial charge < -0.3 is 30.4 Å². The molecule has 0 unspecified atom stereocenters. The van der Waals surface area contributed by atoms with Crippen molar-refractivity contribution in [1.82, 2.24) is 0 Å². The van der Waals surface area contributed by atoms with Gasteiger partial charge in [0, 0.05) is 76.8 Å². The van der Waals surface area contributed by atoms with Gasteiger partial charge in [0.2, 0.25) is 0 Å². The average Bonchev–Trinajstić information content (AvgIpc) is 2.84. The zero-order valence-electron chi connectivity index (χ0n) is 18.8. The van der Waals surface area contributed by atoms with Crippen LogP contribution in [0.25, 0.3) is 0 Å². The molecule has 0 bridgehead atoms. The first-order chi connectivity index (χ1) is 16.2. The summed E-state index contributed by atoms with van der Waals surface area (Å²) in [6.07, 6.45) is 0.912. The molecule has 0 atom stereocenters. The standard InChI is InChI=1S/C25H20N2.2CHO2.2Y/c1-3-7-22(8-4-1)26-24-15-11-20(12-16-24)19-21-13-17-25(18-14-21)27-23-9-5-2-6-10-23;2*2-1-3;;/h1-7,9,11-18,26-27H,19H2;2*(H,2,3);;/q-2;2*-1;;. The fraction of sp³-hybridized carbons (Fsp3) is 0.0370. The SMILES string of the molecule is O=[C-]O.O=[C-]O.[Y].[Y].[c-]1ccccc1Nc1ccc(Cc2ccc(Nc3[c-]cccc3)cc2)cc1. The molecule has 6 nitrogen and oxygen atoms in total. The summed E-state index contributed by atoms with van der Waals surface area (Å²) in [6.45, 7) is 1.00. The quantitative estimate of drug-likeness (QED) is 0.211. The van der Waals surface area contributed by atoms with Crippen LogP contribution in [-0.2, 0) is 81.4 Å². The van der Waals surface area contributed by atoms with E-state index in [1.165, 1.54) is 11.1 Å². The maximum Gasteiger partial charge on any atom is 0.0366 e. The van der Waals surface area contributed by atoms with Gasteiger partial charge in [0.25, 0.3) is 0 Å². The van der Waals surface area contributed by atoms with Crippen LogP contribution in [0, 0.1) is 12.1 Å². The van der Waals surface area contributed by atoms with Crippen LogP contribution in [0.1, 0.15) is 11.1 Å². The first kappa shape index (κ1) is 32.6. The number of nitrogens with one attached hydrogen (secondary N) is 2. The molecule has 2 radical (unpaired) electrons. The molecule has 0 aliphatic carbocycles.